The number of nitrogens with two attached hydrogens (primary N) is 1. The van der Waals surface area contributed by atoms with Crippen LogP contribution in [-0.2, 0) is 16.8 Å². The zero-order valence-electron chi connectivity index (χ0n) is 14.6. The second-order valence-electron chi connectivity index (χ2n) is 7.68. The smallest absolute Gasteiger partial charge is 0.277 e. The molecule has 2 aliphatic heterocycles. The van der Waals surface area contributed by atoms with Crippen LogP contribution in [0.1, 0.15) is 45.1 Å². The first-order valence-corrected chi connectivity index (χ1v) is 10.4. The van der Waals surface area contributed by atoms with Crippen molar-refractivity contribution < 1.29 is 8.42 Å². The maximum Gasteiger partial charge on any atom is 0.277 e. The molecule has 2 bridgehead atoms. The minimum Gasteiger partial charge on any atom is -0.293 e. The molecule has 2 aliphatic rings. The lowest BCUT2D eigenvalue weighted by Crippen LogP contribution is -2.53. The molecule has 5 nitrogen and oxygen atoms in total. The van der Waals surface area contributed by atoms with Gasteiger partial charge < -0.3 is 0 Å². The summed E-state index contributed by atoms with van der Waals surface area (Å²) in [6, 6.07) is 11.5. The Morgan fingerprint density at radius 1 is 1.17 bits per heavy atom. The van der Waals surface area contributed by atoms with E-state index >= 15 is 0 Å². The summed E-state index contributed by atoms with van der Waals surface area (Å²) in [5.74, 6) is 0.281. The van der Waals surface area contributed by atoms with Gasteiger partial charge in [-0.25, -0.2) is 5.14 Å². The fraction of sp³-hybridized carbons (Fsp3) is 0.667. The second kappa shape index (κ2) is 7.12. The van der Waals surface area contributed by atoms with Crippen LogP contribution in [-0.4, -0.2) is 42.3 Å². The quantitative estimate of drug-likeness (QED) is 0.855. The van der Waals surface area contributed by atoms with E-state index in [1.807, 2.05) is 19.9 Å². The molecule has 2 unspecified atom stereocenters. The molecule has 2 N–H and O–H groups in total. The van der Waals surface area contributed by atoms with E-state index < -0.39 is 10.2 Å². The molecule has 2 heterocycles. The Morgan fingerprint density at radius 3 is 2.25 bits per heavy atom. The van der Waals surface area contributed by atoms with E-state index in [-0.39, 0.29) is 12.0 Å². The van der Waals surface area contributed by atoms with E-state index in [4.69, 9.17) is 5.14 Å². The Hall–Kier alpha value is -0.950. The molecule has 24 heavy (non-hydrogen) atoms. The lowest BCUT2D eigenvalue weighted by atomic mass is 9.96. The molecule has 0 amide bonds. The van der Waals surface area contributed by atoms with Gasteiger partial charge in [0, 0.05) is 31.2 Å². The van der Waals surface area contributed by atoms with Gasteiger partial charge in [-0.2, -0.15) is 12.7 Å². The molecule has 0 saturated carbocycles. The SMILES string of the molecule is CC(C)CN(C1CC2CCC(C1)N2Cc1ccccc1)S(N)(=O)=O. The molecule has 1 aromatic rings. The first-order chi connectivity index (χ1) is 11.3. The van der Waals surface area contributed by atoms with Crippen molar-refractivity contribution in [3.63, 3.8) is 0 Å². The molecule has 2 fully saturated rings. The zero-order valence-corrected chi connectivity index (χ0v) is 15.5. The Kier molecular flexibility index (Phi) is 5.30. The van der Waals surface area contributed by atoms with Crippen molar-refractivity contribution >= 4 is 10.2 Å². The van der Waals surface area contributed by atoms with Crippen LogP contribution in [0, 0.1) is 5.92 Å². The third-order valence-electron chi connectivity index (χ3n) is 5.35. The Morgan fingerprint density at radius 2 is 1.75 bits per heavy atom. The highest BCUT2D eigenvalue weighted by Gasteiger charge is 2.44. The number of hydrogen-bond acceptors (Lipinski definition) is 3. The summed E-state index contributed by atoms with van der Waals surface area (Å²) in [6.45, 7) is 5.55. The molecule has 3 rings (SSSR count). The summed E-state index contributed by atoms with van der Waals surface area (Å²) in [5, 5.41) is 5.51. The van der Waals surface area contributed by atoms with Crippen molar-refractivity contribution in [2.24, 2.45) is 11.1 Å². The van der Waals surface area contributed by atoms with Gasteiger partial charge in [0.15, 0.2) is 0 Å². The lowest BCUT2D eigenvalue weighted by molar-refractivity contribution is 0.0814. The van der Waals surface area contributed by atoms with Gasteiger partial charge in [0.1, 0.15) is 0 Å². The van der Waals surface area contributed by atoms with Crippen molar-refractivity contribution in [2.45, 2.75) is 64.2 Å². The highest BCUT2D eigenvalue weighted by molar-refractivity contribution is 7.86. The van der Waals surface area contributed by atoms with Crippen LogP contribution in [0.4, 0.5) is 0 Å². The third kappa shape index (κ3) is 3.99. The summed E-state index contributed by atoms with van der Waals surface area (Å²) in [4.78, 5) is 2.57. The fourth-order valence-electron chi connectivity index (χ4n) is 4.35. The number of rotatable bonds is 6. The largest absolute Gasteiger partial charge is 0.293 e. The van der Waals surface area contributed by atoms with Crippen LogP contribution < -0.4 is 5.14 Å². The first kappa shape index (κ1) is 17.9. The van der Waals surface area contributed by atoms with E-state index in [2.05, 4.69) is 29.2 Å². The maximum absolute atomic E-state index is 12.1. The van der Waals surface area contributed by atoms with E-state index in [9.17, 15) is 8.42 Å². The molecular weight excluding hydrogens is 322 g/mol. The molecule has 1 aromatic carbocycles. The highest BCUT2D eigenvalue weighted by atomic mass is 32.2. The predicted molar refractivity (Wildman–Crippen MR) is 96.5 cm³/mol. The van der Waals surface area contributed by atoms with Crippen LogP contribution in [0.25, 0.3) is 0 Å². The minimum atomic E-state index is -3.64. The van der Waals surface area contributed by atoms with Gasteiger partial charge in [0.05, 0.1) is 0 Å². The normalized spacial score (nSPS) is 28.0. The summed E-state index contributed by atoms with van der Waals surface area (Å²) in [6.07, 6.45) is 4.11. The van der Waals surface area contributed by atoms with Crippen LogP contribution in [0.5, 0.6) is 0 Å². The van der Waals surface area contributed by atoms with Crippen molar-refractivity contribution in [1.82, 2.24) is 9.21 Å². The summed E-state index contributed by atoms with van der Waals surface area (Å²) >= 11 is 0. The number of hydrogen-bond donors (Lipinski definition) is 1. The minimum absolute atomic E-state index is 0.0481. The molecule has 0 aromatic heterocycles. The van der Waals surface area contributed by atoms with Gasteiger partial charge in [-0.1, -0.05) is 44.2 Å². The zero-order chi connectivity index (χ0) is 17.3. The van der Waals surface area contributed by atoms with Crippen molar-refractivity contribution in [1.29, 1.82) is 0 Å². The van der Waals surface area contributed by atoms with Crippen LogP contribution >= 0.6 is 0 Å². The third-order valence-corrected chi connectivity index (χ3v) is 6.45. The molecule has 0 spiro atoms. The summed E-state index contributed by atoms with van der Waals surface area (Å²) in [5.41, 5.74) is 1.33. The van der Waals surface area contributed by atoms with Crippen LogP contribution in [0.3, 0.4) is 0 Å². The van der Waals surface area contributed by atoms with Gasteiger partial charge >= 0.3 is 0 Å². The van der Waals surface area contributed by atoms with Gasteiger partial charge in [0.2, 0.25) is 0 Å². The van der Waals surface area contributed by atoms with Crippen molar-refractivity contribution in [2.75, 3.05) is 6.54 Å². The van der Waals surface area contributed by atoms with E-state index in [1.165, 1.54) is 5.56 Å². The highest BCUT2D eigenvalue weighted by Crippen LogP contribution is 2.39. The monoisotopic (exact) mass is 351 g/mol. The van der Waals surface area contributed by atoms with Gasteiger partial charge in [-0.15, -0.1) is 0 Å². The molecule has 0 radical (unpaired) electrons. The predicted octanol–water partition coefficient (Wildman–Crippen LogP) is 2.34. The van der Waals surface area contributed by atoms with Crippen molar-refractivity contribution in [3.05, 3.63) is 35.9 Å². The van der Waals surface area contributed by atoms with Crippen LogP contribution in [0.15, 0.2) is 30.3 Å². The van der Waals surface area contributed by atoms with Crippen LogP contribution in [0.2, 0.25) is 0 Å². The van der Waals surface area contributed by atoms with Crippen molar-refractivity contribution in [3.8, 4) is 0 Å². The molecular formula is C18H29N3O2S. The molecule has 2 atom stereocenters. The average Bonchev–Trinajstić information content (AvgIpc) is 2.75. The molecule has 2 saturated heterocycles. The summed E-state index contributed by atoms with van der Waals surface area (Å²) in [7, 11) is -3.64. The molecule has 134 valence electrons. The van der Waals surface area contributed by atoms with E-state index in [0.29, 0.717) is 18.6 Å². The Balaban J connectivity index is 1.72. The fourth-order valence-corrected chi connectivity index (χ4v) is 5.45. The molecule has 0 aliphatic carbocycles. The average molecular weight is 352 g/mol. The van der Waals surface area contributed by atoms with Gasteiger partial charge in [-0.05, 0) is 37.2 Å². The Labute approximate surface area is 146 Å². The summed E-state index contributed by atoms with van der Waals surface area (Å²) < 4.78 is 25.7. The number of benzene rings is 1. The topological polar surface area (TPSA) is 66.6 Å². The maximum atomic E-state index is 12.1. The molecule has 6 heteroatoms. The van der Waals surface area contributed by atoms with Gasteiger partial charge in [-0.3, -0.25) is 4.90 Å². The Bertz CT molecular complexity index is 633. The number of nitrogens with zero attached hydrogens (tertiary/aromatic N) is 2. The van der Waals surface area contributed by atoms with E-state index in [0.717, 1.165) is 32.2 Å². The van der Waals surface area contributed by atoms with E-state index in [1.54, 1.807) is 4.31 Å². The number of piperidine rings is 1. The second-order valence-corrected chi connectivity index (χ2v) is 9.18. The number of fused-ring (bicyclic) bond motifs is 2. The van der Waals surface area contributed by atoms with Gasteiger partial charge in [0.25, 0.3) is 10.2 Å². The standard InChI is InChI=1S/C18H29N3O2S/c1-14(2)12-21(24(19,22)23)18-10-16-8-9-17(11-18)20(16)13-15-6-4-3-5-7-15/h3-7,14,16-18H,8-13H2,1-2H3,(H2,19,22,23). The lowest BCUT2D eigenvalue weighted by Gasteiger charge is -2.42. The first-order valence-electron chi connectivity index (χ1n) is 8.94.